The molecular weight excluding hydrogens is 212 g/mol. The largest absolute Gasteiger partial charge is 0.337 e. The fraction of sp³-hybridized carbons (Fsp3) is 0.571. The minimum absolute atomic E-state index is 0.0457. The molecule has 0 saturated heterocycles. The predicted molar refractivity (Wildman–Crippen MR) is 67.8 cm³/mol. The molecule has 1 aromatic heterocycles. The lowest BCUT2D eigenvalue weighted by Crippen LogP contribution is -2.42. The normalized spacial score (nSPS) is 24.4. The second kappa shape index (κ2) is 5.30. The van der Waals surface area contributed by atoms with Gasteiger partial charge < -0.3 is 4.90 Å². The maximum Gasteiger partial charge on any atom is 0.272 e. The standard InChI is InChI=1S/C14H20N2O/c1-11-7-3-4-9-13(11)16(2)14(17)12-8-5-6-10-15-12/h5-6,8,10-11,13H,3-4,7,9H2,1-2H3. The Labute approximate surface area is 103 Å². The Morgan fingerprint density at radius 2 is 2.12 bits per heavy atom. The monoisotopic (exact) mass is 232 g/mol. The molecule has 0 aliphatic heterocycles. The van der Waals surface area contributed by atoms with Gasteiger partial charge in [-0.3, -0.25) is 9.78 Å². The molecule has 1 amide bonds. The molecule has 0 aromatic carbocycles. The molecule has 2 atom stereocenters. The highest BCUT2D eigenvalue weighted by molar-refractivity contribution is 5.92. The Kier molecular flexibility index (Phi) is 3.77. The lowest BCUT2D eigenvalue weighted by Gasteiger charge is -2.36. The first-order valence-corrected chi connectivity index (χ1v) is 6.38. The highest BCUT2D eigenvalue weighted by Gasteiger charge is 2.28. The van der Waals surface area contributed by atoms with E-state index in [2.05, 4.69) is 11.9 Å². The van der Waals surface area contributed by atoms with E-state index in [1.807, 2.05) is 24.1 Å². The van der Waals surface area contributed by atoms with Gasteiger partial charge in [-0.25, -0.2) is 0 Å². The molecule has 92 valence electrons. The Morgan fingerprint density at radius 3 is 2.76 bits per heavy atom. The molecular formula is C14H20N2O. The van der Waals surface area contributed by atoms with Crippen LogP contribution in [0.25, 0.3) is 0 Å². The van der Waals surface area contributed by atoms with E-state index in [0.717, 1.165) is 6.42 Å². The van der Waals surface area contributed by atoms with Gasteiger partial charge in [0.05, 0.1) is 0 Å². The van der Waals surface area contributed by atoms with E-state index < -0.39 is 0 Å². The average molecular weight is 232 g/mol. The molecule has 2 unspecified atom stereocenters. The maximum atomic E-state index is 12.3. The van der Waals surface area contributed by atoms with Crippen molar-refractivity contribution in [2.45, 2.75) is 38.6 Å². The summed E-state index contributed by atoms with van der Waals surface area (Å²) < 4.78 is 0. The van der Waals surface area contributed by atoms with Crippen molar-refractivity contribution in [2.24, 2.45) is 5.92 Å². The molecule has 17 heavy (non-hydrogen) atoms. The Hall–Kier alpha value is -1.38. The summed E-state index contributed by atoms with van der Waals surface area (Å²) in [6, 6.07) is 5.85. The summed E-state index contributed by atoms with van der Waals surface area (Å²) in [6.07, 6.45) is 6.55. The summed E-state index contributed by atoms with van der Waals surface area (Å²) in [5.74, 6) is 0.644. The smallest absolute Gasteiger partial charge is 0.272 e. The van der Waals surface area contributed by atoms with Crippen molar-refractivity contribution in [1.29, 1.82) is 0 Å². The van der Waals surface area contributed by atoms with Crippen LogP contribution in [0.5, 0.6) is 0 Å². The average Bonchev–Trinajstić information content (AvgIpc) is 2.39. The van der Waals surface area contributed by atoms with Crippen LogP contribution < -0.4 is 0 Å². The third-order valence-corrected chi connectivity index (χ3v) is 3.77. The summed E-state index contributed by atoms with van der Waals surface area (Å²) >= 11 is 0. The maximum absolute atomic E-state index is 12.3. The van der Waals surface area contributed by atoms with Crippen LogP contribution in [0.4, 0.5) is 0 Å². The van der Waals surface area contributed by atoms with Crippen LogP contribution in [-0.4, -0.2) is 28.9 Å². The molecule has 0 N–H and O–H groups in total. The van der Waals surface area contributed by atoms with Gasteiger partial charge in [0, 0.05) is 19.3 Å². The molecule has 1 aliphatic carbocycles. The number of amides is 1. The lowest BCUT2D eigenvalue weighted by molar-refractivity contribution is 0.0623. The molecule has 1 fully saturated rings. The lowest BCUT2D eigenvalue weighted by atomic mass is 9.85. The second-order valence-electron chi connectivity index (χ2n) is 4.96. The van der Waals surface area contributed by atoms with Crippen molar-refractivity contribution >= 4 is 5.91 Å². The van der Waals surface area contributed by atoms with Gasteiger partial charge in [-0.05, 0) is 30.9 Å². The summed E-state index contributed by atoms with van der Waals surface area (Å²) in [7, 11) is 1.91. The molecule has 1 heterocycles. The Morgan fingerprint density at radius 1 is 1.35 bits per heavy atom. The zero-order chi connectivity index (χ0) is 12.3. The van der Waals surface area contributed by atoms with E-state index in [-0.39, 0.29) is 5.91 Å². The van der Waals surface area contributed by atoms with Crippen LogP contribution in [0.1, 0.15) is 43.1 Å². The van der Waals surface area contributed by atoms with Gasteiger partial charge in [0.25, 0.3) is 5.91 Å². The minimum Gasteiger partial charge on any atom is -0.337 e. The number of hydrogen-bond acceptors (Lipinski definition) is 2. The highest BCUT2D eigenvalue weighted by Crippen LogP contribution is 2.27. The highest BCUT2D eigenvalue weighted by atomic mass is 16.2. The topological polar surface area (TPSA) is 33.2 Å². The summed E-state index contributed by atoms with van der Waals surface area (Å²) in [5, 5.41) is 0. The van der Waals surface area contributed by atoms with Crippen LogP contribution in [0.15, 0.2) is 24.4 Å². The van der Waals surface area contributed by atoms with Crippen molar-refractivity contribution in [2.75, 3.05) is 7.05 Å². The summed E-state index contributed by atoms with van der Waals surface area (Å²) in [4.78, 5) is 18.3. The van der Waals surface area contributed by atoms with Crippen molar-refractivity contribution in [3.8, 4) is 0 Å². The van der Waals surface area contributed by atoms with E-state index in [4.69, 9.17) is 0 Å². The summed E-state index contributed by atoms with van der Waals surface area (Å²) in [6.45, 7) is 2.24. The van der Waals surface area contributed by atoms with Gasteiger partial charge in [-0.1, -0.05) is 25.8 Å². The van der Waals surface area contributed by atoms with Crippen LogP contribution >= 0.6 is 0 Å². The zero-order valence-electron chi connectivity index (χ0n) is 10.6. The van der Waals surface area contributed by atoms with Gasteiger partial charge >= 0.3 is 0 Å². The van der Waals surface area contributed by atoms with Crippen molar-refractivity contribution < 1.29 is 4.79 Å². The zero-order valence-corrected chi connectivity index (χ0v) is 10.6. The molecule has 1 saturated carbocycles. The van der Waals surface area contributed by atoms with Crippen molar-refractivity contribution in [3.63, 3.8) is 0 Å². The summed E-state index contributed by atoms with van der Waals surface area (Å²) in [5.41, 5.74) is 0.549. The third-order valence-electron chi connectivity index (χ3n) is 3.77. The van der Waals surface area contributed by atoms with E-state index in [9.17, 15) is 4.79 Å². The van der Waals surface area contributed by atoms with Crippen molar-refractivity contribution in [1.82, 2.24) is 9.88 Å². The molecule has 0 bridgehead atoms. The first kappa shape index (κ1) is 12.1. The number of hydrogen-bond donors (Lipinski definition) is 0. The van der Waals surface area contributed by atoms with Crippen LogP contribution in [-0.2, 0) is 0 Å². The molecule has 3 nitrogen and oxygen atoms in total. The number of pyridine rings is 1. The second-order valence-corrected chi connectivity index (χ2v) is 4.96. The SMILES string of the molecule is CC1CCCCC1N(C)C(=O)c1ccccn1. The first-order valence-electron chi connectivity index (χ1n) is 6.38. The van der Waals surface area contributed by atoms with E-state index in [0.29, 0.717) is 17.7 Å². The van der Waals surface area contributed by atoms with E-state index in [1.54, 1.807) is 12.3 Å². The number of aromatic nitrogens is 1. The molecule has 1 aromatic rings. The molecule has 0 radical (unpaired) electrons. The Bertz CT molecular complexity index is 377. The van der Waals surface area contributed by atoms with Gasteiger partial charge in [0.2, 0.25) is 0 Å². The number of nitrogens with zero attached hydrogens (tertiary/aromatic N) is 2. The van der Waals surface area contributed by atoms with E-state index >= 15 is 0 Å². The van der Waals surface area contributed by atoms with Crippen LogP contribution in [0.3, 0.4) is 0 Å². The predicted octanol–water partition coefficient (Wildman–Crippen LogP) is 2.73. The van der Waals surface area contributed by atoms with Gasteiger partial charge in [0.15, 0.2) is 0 Å². The molecule has 1 aliphatic rings. The van der Waals surface area contributed by atoms with Gasteiger partial charge in [-0.15, -0.1) is 0 Å². The molecule has 2 rings (SSSR count). The number of rotatable bonds is 2. The molecule has 3 heteroatoms. The number of carbonyl (C=O) groups is 1. The quantitative estimate of drug-likeness (QED) is 0.785. The third kappa shape index (κ3) is 2.65. The van der Waals surface area contributed by atoms with E-state index in [1.165, 1.54) is 19.3 Å². The van der Waals surface area contributed by atoms with Gasteiger partial charge in [0.1, 0.15) is 5.69 Å². The van der Waals surface area contributed by atoms with Crippen LogP contribution in [0.2, 0.25) is 0 Å². The molecule has 0 spiro atoms. The van der Waals surface area contributed by atoms with Crippen molar-refractivity contribution in [3.05, 3.63) is 30.1 Å². The van der Waals surface area contributed by atoms with Crippen LogP contribution in [0, 0.1) is 5.92 Å². The fourth-order valence-electron chi connectivity index (χ4n) is 2.69. The Balaban J connectivity index is 2.09. The first-order chi connectivity index (χ1) is 8.20. The van der Waals surface area contributed by atoms with Gasteiger partial charge in [-0.2, -0.15) is 0 Å². The minimum atomic E-state index is 0.0457. The number of carbonyl (C=O) groups excluding carboxylic acids is 1. The fourth-order valence-corrected chi connectivity index (χ4v) is 2.69.